The van der Waals surface area contributed by atoms with Gasteiger partial charge in [0.1, 0.15) is 0 Å². The first kappa shape index (κ1) is 17.5. The van der Waals surface area contributed by atoms with E-state index in [0.717, 1.165) is 17.8 Å². The van der Waals surface area contributed by atoms with Crippen LogP contribution < -0.4 is 4.90 Å². The molecule has 1 aromatic carbocycles. The summed E-state index contributed by atoms with van der Waals surface area (Å²) in [7, 11) is 3.32. The summed E-state index contributed by atoms with van der Waals surface area (Å²) >= 11 is 0. The minimum atomic E-state index is -4.41. The molecule has 0 spiro atoms. The molecule has 1 aliphatic heterocycles. The van der Waals surface area contributed by atoms with Crippen molar-refractivity contribution in [1.82, 2.24) is 9.88 Å². The molecule has 0 bridgehead atoms. The van der Waals surface area contributed by atoms with Gasteiger partial charge in [0.25, 0.3) is 5.91 Å². The van der Waals surface area contributed by atoms with Crippen molar-refractivity contribution in [3.05, 3.63) is 36.0 Å². The van der Waals surface area contributed by atoms with E-state index in [4.69, 9.17) is 4.74 Å². The van der Waals surface area contributed by atoms with Crippen molar-refractivity contribution in [3.8, 4) is 0 Å². The molecule has 8 heteroatoms. The fourth-order valence-electron chi connectivity index (χ4n) is 2.89. The number of pyridine rings is 1. The first-order chi connectivity index (χ1) is 11.8. The van der Waals surface area contributed by atoms with E-state index in [9.17, 15) is 18.0 Å². The fraction of sp³-hybridized carbons (Fsp3) is 0.412. The van der Waals surface area contributed by atoms with Gasteiger partial charge in [0.15, 0.2) is 6.10 Å². The van der Waals surface area contributed by atoms with E-state index in [1.54, 1.807) is 20.2 Å². The molecule has 2 heterocycles. The van der Waals surface area contributed by atoms with E-state index in [0.29, 0.717) is 25.1 Å². The maximum atomic E-state index is 12.9. The monoisotopic (exact) mass is 353 g/mol. The van der Waals surface area contributed by atoms with Crippen LogP contribution in [0.3, 0.4) is 0 Å². The Bertz CT molecular complexity index is 792. The predicted octanol–water partition coefficient (Wildman–Crippen LogP) is 2.55. The van der Waals surface area contributed by atoms with Crippen molar-refractivity contribution in [1.29, 1.82) is 0 Å². The van der Waals surface area contributed by atoms with Gasteiger partial charge in [-0.1, -0.05) is 6.07 Å². The molecular weight excluding hydrogens is 335 g/mol. The lowest BCUT2D eigenvalue weighted by Gasteiger charge is -2.35. The van der Waals surface area contributed by atoms with Crippen molar-refractivity contribution in [2.75, 3.05) is 38.7 Å². The molecule has 5 nitrogen and oxygen atoms in total. The maximum Gasteiger partial charge on any atom is 0.416 e. The summed E-state index contributed by atoms with van der Waals surface area (Å²) in [6.07, 6.45) is -3.52. The number of morpholine rings is 1. The van der Waals surface area contributed by atoms with E-state index in [1.807, 2.05) is 4.90 Å². The molecule has 1 aromatic heterocycles. The van der Waals surface area contributed by atoms with Gasteiger partial charge in [-0.2, -0.15) is 13.2 Å². The number of carbonyl (C=O) groups excluding carboxylic acids is 1. The summed E-state index contributed by atoms with van der Waals surface area (Å²) in [6.45, 7) is 1.27. The molecule has 1 atom stereocenters. The Kier molecular flexibility index (Phi) is 4.55. The number of hydrogen-bond acceptors (Lipinski definition) is 4. The third kappa shape index (κ3) is 3.53. The highest BCUT2D eigenvalue weighted by molar-refractivity contribution is 5.92. The molecule has 1 aliphatic rings. The highest BCUT2D eigenvalue weighted by atomic mass is 19.4. The topological polar surface area (TPSA) is 45.7 Å². The molecule has 1 fully saturated rings. The second-order valence-corrected chi connectivity index (χ2v) is 6.10. The number of nitrogens with zero attached hydrogens (tertiary/aromatic N) is 3. The predicted molar refractivity (Wildman–Crippen MR) is 87.4 cm³/mol. The SMILES string of the molecule is CN(C)C(=O)C1CN(c2ccnc3cc(C(F)(F)F)ccc23)CCO1. The first-order valence-electron chi connectivity index (χ1n) is 7.81. The molecule has 0 saturated carbocycles. The molecule has 2 aromatic rings. The Hall–Kier alpha value is -2.35. The number of carbonyl (C=O) groups is 1. The highest BCUT2D eigenvalue weighted by Gasteiger charge is 2.32. The number of fused-ring (bicyclic) bond motifs is 1. The van der Waals surface area contributed by atoms with Crippen LogP contribution in [-0.2, 0) is 15.7 Å². The summed E-state index contributed by atoms with van der Waals surface area (Å²) < 4.78 is 44.2. The second-order valence-electron chi connectivity index (χ2n) is 6.10. The Labute approximate surface area is 143 Å². The van der Waals surface area contributed by atoms with Gasteiger partial charge in [-0.15, -0.1) is 0 Å². The van der Waals surface area contributed by atoms with Crippen LogP contribution in [-0.4, -0.2) is 55.7 Å². The summed E-state index contributed by atoms with van der Waals surface area (Å²) in [6, 6.07) is 5.27. The normalized spacial score (nSPS) is 18.4. The van der Waals surface area contributed by atoms with Gasteiger partial charge < -0.3 is 14.5 Å². The first-order valence-corrected chi connectivity index (χ1v) is 7.81. The number of halogens is 3. The van der Waals surface area contributed by atoms with Gasteiger partial charge in [-0.05, 0) is 18.2 Å². The van der Waals surface area contributed by atoms with Crippen molar-refractivity contribution < 1.29 is 22.7 Å². The Morgan fingerprint density at radius 3 is 2.76 bits per heavy atom. The Balaban J connectivity index is 1.94. The number of aromatic nitrogens is 1. The van der Waals surface area contributed by atoms with E-state index < -0.39 is 17.8 Å². The molecule has 25 heavy (non-hydrogen) atoms. The van der Waals surface area contributed by atoms with Crippen molar-refractivity contribution in [2.45, 2.75) is 12.3 Å². The lowest BCUT2D eigenvalue weighted by Crippen LogP contribution is -2.49. The zero-order chi connectivity index (χ0) is 18.2. The number of benzene rings is 1. The second kappa shape index (κ2) is 6.51. The maximum absolute atomic E-state index is 12.9. The molecule has 1 amide bonds. The molecule has 0 N–H and O–H groups in total. The fourth-order valence-corrected chi connectivity index (χ4v) is 2.89. The molecule has 3 rings (SSSR count). The molecule has 0 aliphatic carbocycles. The third-order valence-electron chi connectivity index (χ3n) is 4.17. The van der Waals surface area contributed by atoms with Gasteiger partial charge in [0.05, 0.1) is 24.2 Å². The summed E-state index contributed by atoms with van der Waals surface area (Å²) in [4.78, 5) is 19.6. The molecule has 1 saturated heterocycles. The number of alkyl halides is 3. The Morgan fingerprint density at radius 2 is 2.08 bits per heavy atom. The zero-order valence-corrected chi connectivity index (χ0v) is 13.9. The van der Waals surface area contributed by atoms with E-state index >= 15 is 0 Å². The van der Waals surface area contributed by atoms with Crippen molar-refractivity contribution in [3.63, 3.8) is 0 Å². The zero-order valence-electron chi connectivity index (χ0n) is 13.9. The minimum absolute atomic E-state index is 0.137. The average Bonchev–Trinajstić information content (AvgIpc) is 2.59. The van der Waals surface area contributed by atoms with Crippen LogP contribution in [0.1, 0.15) is 5.56 Å². The van der Waals surface area contributed by atoms with Crippen LogP contribution in [0, 0.1) is 0 Å². The van der Waals surface area contributed by atoms with Crippen molar-refractivity contribution >= 4 is 22.5 Å². The smallest absolute Gasteiger partial charge is 0.365 e. The van der Waals surface area contributed by atoms with E-state index in [-0.39, 0.29) is 11.4 Å². The van der Waals surface area contributed by atoms with Crippen LogP contribution in [0.15, 0.2) is 30.5 Å². The van der Waals surface area contributed by atoms with Gasteiger partial charge in [0, 0.05) is 37.9 Å². The number of amides is 1. The van der Waals surface area contributed by atoms with Crippen LogP contribution >= 0.6 is 0 Å². The number of hydrogen-bond donors (Lipinski definition) is 0. The van der Waals surface area contributed by atoms with E-state index in [1.165, 1.54) is 17.2 Å². The van der Waals surface area contributed by atoms with Gasteiger partial charge in [-0.25, -0.2) is 0 Å². The lowest BCUT2D eigenvalue weighted by atomic mass is 10.1. The standard InChI is InChI=1S/C17H18F3N3O2/c1-22(2)16(24)15-10-23(7-8-25-15)14-5-6-21-13-9-11(17(18,19)20)3-4-12(13)14/h3-6,9,15H,7-8,10H2,1-2H3. The number of ether oxygens (including phenoxy) is 1. The van der Waals surface area contributed by atoms with Crippen LogP contribution in [0.25, 0.3) is 10.9 Å². The van der Waals surface area contributed by atoms with Crippen LogP contribution in [0.2, 0.25) is 0 Å². The molecule has 0 radical (unpaired) electrons. The third-order valence-corrected chi connectivity index (χ3v) is 4.17. The average molecular weight is 353 g/mol. The largest absolute Gasteiger partial charge is 0.416 e. The van der Waals surface area contributed by atoms with Crippen LogP contribution in [0.4, 0.5) is 18.9 Å². The molecule has 1 unspecified atom stereocenters. The van der Waals surface area contributed by atoms with Gasteiger partial charge in [0.2, 0.25) is 0 Å². The molecular formula is C17H18F3N3O2. The highest BCUT2D eigenvalue weighted by Crippen LogP contribution is 2.34. The summed E-state index contributed by atoms with van der Waals surface area (Å²) in [5.74, 6) is -0.137. The number of rotatable bonds is 2. The quantitative estimate of drug-likeness (QED) is 0.832. The molecule has 134 valence electrons. The van der Waals surface area contributed by atoms with Crippen molar-refractivity contribution in [2.24, 2.45) is 0 Å². The van der Waals surface area contributed by atoms with Crippen LogP contribution in [0.5, 0.6) is 0 Å². The summed E-state index contributed by atoms with van der Waals surface area (Å²) in [5.41, 5.74) is 0.292. The Morgan fingerprint density at radius 1 is 1.32 bits per heavy atom. The summed E-state index contributed by atoms with van der Waals surface area (Å²) in [5, 5.41) is 0.619. The van der Waals surface area contributed by atoms with Gasteiger partial charge >= 0.3 is 6.18 Å². The van der Waals surface area contributed by atoms with Gasteiger partial charge in [-0.3, -0.25) is 9.78 Å². The number of anilines is 1. The lowest BCUT2D eigenvalue weighted by molar-refractivity contribution is -0.141. The number of likely N-dealkylation sites (N-methyl/N-ethyl adjacent to an activating group) is 1. The minimum Gasteiger partial charge on any atom is -0.365 e. The van der Waals surface area contributed by atoms with E-state index in [2.05, 4.69) is 4.98 Å².